The van der Waals surface area contributed by atoms with Crippen LogP contribution in [0, 0.1) is 12.7 Å². The largest absolute Gasteiger partial charge is 0.363 e. The van der Waals surface area contributed by atoms with E-state index in [9.17, 15) is 4.39 Å². The molecule has 6 heteroatoms. The van der Waals surface area contributed by atoms with Crippen LogP contribution in [0.15, 0.2) is 24.3 Å². The molecule has 0 spiro atoms. The van der Waals surface area contributed by atoms with E-state index in [4.69, 9.17) is 5.84 Å². The molecule has 0 fully saturated rings. The molecular weight excluding hydrogens is 257 g/mol. The standard InChI is InChI=1S/C14H16FN5/c1-9-6-13(19-16)18-14(17-9)8-20-5-4-10-2-3-11(15)7-12(10)20/h2-3,6-7H,4-5,8,16H2,1H3,(H,17,18,19). The SMILES string of the molecule is Cc1cc(NN)nc(CN2CCc3ccc(F)cc32)n1. The second-order valence-electron chi connectivity index (χ2n) is 4.90. The van der Waals surface area contributed by atoms with Crippen molar-refractivity contribution in [1.29, 1.82) is 0 Å². The molecule has 3 rings (SSSR count). The van der Waals surface area contributed by atoms with Gasteiger partial charge in [0.25, 0.3) is 0 Å². The van der Waals surface area contributed by atoms with Crippen LogP contribution >= 0.6 is 0 Å². The van der Waals surface area contributed by atoms with Crippen LogP contribution < -0.4 is 16.2 Å². The van der Waals surface area contributed by atoms with E-state index < -0.39 is 0 Å². The molecule has 1 aliphatic rings. The zero-order chi connectivity index (χ0) is 14.1. The Bertz CT molecular complexity index is 643. The number of fused-ring (bicyclic) bond motifs is 1. The van der Waals surface area contributed by atoms with Gasteiger partial charge in [0.15, 0.2) is 0 Å². The normalized spacial score (nSPS) is 13.4. The van der Waals surface area contributed by atoms with Crippen LogP contribution in [0.2, 0.25) is 0 Å². The highest BCUT2D eigenvalue weighted by molar-refractivity contribution is 5.58. The smallest absolute Gasteiger partial charge is 0.150 e. The lowest BCUT2D eigenvalue weighted by Crippen LogP contribution is -2.22. The maximum atomic E-state index is 13.4. The highest BCUT2D eigenvalue weighted by atomic mass is 19.1. The monoisotopic (exact) mass is 273 g/mol. The van der Waals surface area contributed by atoms with Gasteiger partial charge in [-0.3, -0.25) is 0 Å². The van der Waals surface area contributed by atoms with E-state index in [-0.39, 0.29) is 5.82 Å². The van der Waals surface area contributed by atoms with Crippen LogP contribution in [0.5, 0.6) is 0 Å². The van der Waals surface area contributed by atoms with Gasteiger partial charge >= 0.3 is 0 Å². The van der Waals surface area contributed by atoms with Crippen molar-refractivity contribution in [3.05, 3.63) is 47.2 Å². The average molecular weight is 273 g/mol. The first-order valence-corrected chi connectivity index (χ1v) is 6.50. The summed E-state index contributed by atoms with van der Waals surface area (Å²) in [6, 6.07) is 6.69. The lowest BCUT2D eigenvalue weighted by molar-refractivity contribution is 0.627. The lowest BCUT2D eigenvalue weighted by Gasteiger charge is -2.19. The Labute approximate surface area is 116 Å². The molecule has 1 aliphatic heterocycles. The van der Waals surface area contributed by atoms with Gasteiger partial charge in [-0.05, 0) is 31.0 Å². The minimum Gasteiger partial charge on any atom is -0.363 e. The molecule has 0 unspecified atom stereocenters. The fourth-order valence-corrected chi connectivity index (χ4v) is 2.53. The van der Waals surface area contributed by atoms with Gasteiger partial charge in [-0.1, -0.05) is 6.07 Å². The van der Waals surface area contributed by atoms with Crippen molar-refractivity contribution >= 4 is 11.5 Å². The number of hydrazine groups is 1. The fourth-order valence-electron chi connectivity index (χ4n) is 2.53. The molecule has 5 nitrogen and oxygen atoms in total. The Hall–Kier alpha value is -2.21. The molecule has 20 heavy (non-hydrogen) atoms. The number of aryl methyl sites for hydroxylation is 1. The van der Waals surface area contributed by atoms with Crippen molar-refractivity contribution < 1.29 is 4.39 Å². The summed E-state index contributed by atoms with van der Waals surface area (Å²) in [7, 11) is 0. The van der Waals surface area contributed by atoms with Crippen LogP contribution in [0.4, 0.5) is 15.9 Å². The second kappa shape index (κ2) is 5.05. The van der Waals surface area contributed by atoms with E-state index in [1.165, 1.54) is 6.07 Å². The molecule has 1 aromatic carbocycles. The Kier molecular flexibility index (Phi) is 3.23. The highest BCUT2D eigenvalue weighted by Gasteiger charge is 2.20. The molecule has 2 aromatic rings. The number of nitrogen functional groups attached to an aromatic ring is 1. The number of nitrogens with one attached hydrogen (secondary N) is 1. The summed E-state index contributed by atoms with van der Waals surface area (Å²) in [5.74, 6) is 6.44. The summed E-state index contributed by atoms with van der Waals surface area (Å²) >= 11 is 0. The van der Waals surface area contributed by atoms with Crippen LogP contribution in [0.1, 0.15) is 17.1 Å². The van der Waals surface area contributed by atoms with Crippen LogP contribution in [0.25, 0.3) is 0 Å². The average Bonchev–Trinajstić information content (AvgIpc) is 2.80. The quantitative estimate of drug-likeness (QED) is 0.659. The maximum absolute atomic E-state index is 13.4. The van der Waals surface area contributed by atoms with Gasteiger partial charge in [-0.15, -0.1) is 0 Å². The van der Waals surface area contributed by atoms with Crippen molar-refractivity contribution in [3.8, 4) is 0 Å². The Morgan fingerprint density at radius 1 is 1.35 bits per heavy atom. The Morgan fingerprint density at radius 3 is 3.00 bits per heavy atom. The third kappa shape index (κ3) is 2.42. The number of aromatic nitrogens is 2. The maximum Gasteiger partial charge on any atom is 0.150 e. The summed E-state index contributed by atoms with van der Waals surface area (Å²) in [6.45, 7) is 3.29. The van der Waals surface area contributed by atoms with Gasteiger partial charge in [0.05, 0.1) is 6.54 Å². The minimum atomic E-state index is -0.217. The van der Waals surface area contributed by atoms with Crippen LogP contribution in [0.3, 0.4) is 0 Å². The molecule has 0 saturated heterocycles. The minimum absolute atomic E-state index is 0.217. The van der Waals surface area contributed by atoms with Gasteiger partial charge < -0.3 is 10.3 Å². The van der Waals surface area contributed by atoms with E-state index in [1.807, 2.05) is 13.0 Å². The number of anilines is 2. The molecule has 0 saturated carbocycles. The predicted molar refractivity (Wildman–Crippen MR) is 75.7 cm³/mol. The molecule has 2 heterocycles. The molecule has 1 aromatic heterocycles. The van der Waals surface area contributed by atoms with Gasteiger partial charge in [0.1, 0.15) is 17.5 Å². The van der Waals surface area contributed by atoms with Crippen molar-refractivity contribution in [2.75, 3.05) is 16.9 Å². The van der Waals surface area contributed by atoms with Gasteiger partial charge in [-0.25, -0.2) is 20.2 Å². The highest BCUT2D eigenvalue weighted by Crippen LogP contribution is 2.29. The van der Waals surface area contributed by atoms with Crippen molar-refractivity contribution in [1.82, 2.24) is 9.97 Å². The number of hydrogen-bond donors (Lipinski definition) is 2. The zero-order valence-electron chi connectivity index (χ0n) is 11.2. The van der Waals surface area contributed by atoms with Crippen LogP contribution in [-0.2, 0) is 13.0 Å². The third-order valence-electron chi connectivity index (χ3n) is 3.42. The first-order chi connectivity index (χ1) is 9.65. The van der Waals surface area contributed by atoms with E-state index in [0.717, 1.165) is 29.9 Å². The second-order valence-corrected chi connectivity index (χ2v) is 4.90. The van der Waals surface area contributed by atoms with Crippen LogP contribution in [-0.4, -0.2) is 16.5 Å². The molecule has 0 bridgehead atoms. The summed E-state index contributed by atoms with van der Waals surface area (Å²) in [6.07, 6.45) is 0.920. The number of benzene rings is 1. The molecule has 3 N–H and O–H groups in total. The molecule has 0 aliphatic carbocycles. The van der Waals surface area contributed by atoms with Gasteiger partial charge in [-0.2, -0.15) is 0 Å². The first kappa shape index (κ1) is 12.8. The third-order valence-corrected chi connectivity index (χ3v) is 3.42. The molecule has 0 amide bonds. The topological polar surface area (TPSA) is 67.1 Å². The zero-order valence-corrected chi connectivity index (χ0v) is 11.2. The number of hydrogen-bond acceptors (Lipinski definition) is 5. The first-order valence-electron chi connectivity index (χ1n) is 6.50. The molecule has 0 atom stereocenters. The Balaban J connectivity index is 1.87. The van der Waals surface area contributed by atoms with Gasteiger partial charge in [0, 0.05) is 24.0 Å². The lowest BCUT2D eigenvalue weighted by atomic mass is 10.2. The van der Waals surface area contributed by atoms with E-state index in [2.05, 4.69) is 20.3 Å². The summed E-state index contributed by atoms with van der Waals surface area (Å²) in [5.41, 5.74) is 5.47. The van der Waals surface area contributed by atoms with E-state index in [0.29, 0.717) is 18.2 Å². The number of halogens is 1. The molecular formula is C14H16FN5. The van der Waals surface area contributed by atoms with Crippen molar-refractivity contribution in [2.45, 2.75) is 19.9 Å². The van der Waals surface area contributed by atoms with E-state index in [1.54, 1.807) is 12.1 Å². The number of nitrogens with two attached hydrogens (primary N) is 1. The van der Waals surface area contributed by atoms with Gasteiger partial charge in [0.2, 0.25) is 0 Å². The fraction of sp³-hybridized carbons (Fsp3) is 0.286. The van der Waals surface area contributed by atoms with Crippen molar-refractivity contribution in [3.63, 3.8) is 0 Å². The Morgan fingerprint density at radius 2 is 2.20 bits per heavy atom. The number of nitrogens with zero attached hydrogens (tertiary/aromatic N) is 3. The molecule has 0 radical (unpaired) electrons. The summed E-state index contributed by atoms with van der Waals surface area (Å²) in [4.78, 5) is 10.8. The number of rotatable bonds is 3. The predicted octanol–water partition coefficient (Wildman–Crippen LogP) is 1.77. The van der Waals surface area contributed by atoms with Crippen molar-refractivity contribution in [2.24, 2.45) is 5.84 Å². The van der Waals surface area contributed by atoms with E-state index >= 15 is 0 Å². The summed E-state index contributed by atoms with van der Waals surface area (Å²) < 4.78 is 13.4. The molecule has 104 valence electrons. The summed E-state index contributed by atoms with van der Waals surface area (Å²) in [5, 5.41) is 0.